The molecule has 0 spiro atoms. The summed E-state index contributed by atoms with van der Waals surface area (Å²) in [5.41, 5.74) is 5.96. The van der Waals surface area contributed by atoms with Crippen LogP contribution in [0.2, 0.25) is 10.0 Å². The van der Waals surface area contributed by atoms with Crippen LogP contribution >= 0.6 is 23.2 Å². The number of hydrogen-bond acceptors (Lipinski definition) is 2. The molecule has 0 aliphatic heterocycles. The molecular weight excluding hydrogens is 228 g/mol. The van der Waals surface area contributed by atoms with E-state index in [1.54, 1.807) is 0 Å². The number of aliphatic hydroxyl groups is 1. The number of rotatable bonds is 2. The lowest BCUT2D eigenvalue weighted by Crippen LogP contribution is -2.23. The maximum Gasteiger partial charge on any atom is 0.142 e. The Morgan fingerprint density at radius 1 is 1.36 bits per heavy atom. The summed E-state index contributed by atoms with van der Waals surface area (Å²) < 4.78 is 13.1. The summed E-state index contributed by atoms with van der Waals surface area (Å²) in [6.07, 6.45) is -0.798. The van der Waals surface area contributed by atoms with Crippen molar-refractivity contribution in [3.8, 4) is 0 Å². The minimum absolute atomic E-state index is 0.0588. The standard InChI is InChI=1S/C9H10Cl2FNO/c1-4(14)9(13)5-2-8(12)7(11)3-6(5)10/h2-4,9,14H,13H2,1H3/t4-,9-/m1/s1. The van der Waals surface area contributed by atoms with Crippen molar-refractivity contribution in [2.45, 2.75) is 19.1 Å². The third-order valence-electron chi connectivity index (χ3n) is 1.92. The first kappa shape index (κ1) is 11.7. The lowest BCUT2D eigenvalue weighted by Gasteiger charge is -2.16. The SMILES string of the molecule is C[C@@H](O)[C@@H](N)c1cc(F)c(Cl)cc1Cl. The van der Waals surface area contributed by atoms with Crippen molar-refractivity contribution in [3.05, 3.63) is 33.6 Å². The van der Waals surface area contributed by atoms with Crippen molar-refractivity contribution < 1.29 is 9.50 Å². The first-order valence-electron chi connectivity index (χ1n) is 4.01. The maximum atomic E-state index is 13.1. The van der Waals surface area contributed by atoms with Crippen LogP contribution in [0.25, 0.3) is 0 Å². The Bertz CT molecular complexity index is 344. The molecule has 5 heteroatoms. The van der Waals surface area contributed by atoms with E-state index in [0.29, 0.717) is 5.56 Å². The molecule has 0 bridgehead atoms. The van der Waals surface area contributed by atoms with Crippen molar-refractivity contribution in [1.29, 1.82) is 0 Å². The van der Waals surface area contributed by atoms with Crippen LogP contribution in [0.4, 0.5) is 4.39 Å². The third kappa shape index (κ3) is 2.36. The summed E-state index contributed by atoms with van der Waals surface area (Å²) in [5, 5.41) is 9.42. The summed E-state index contributed by atoms with van der Waals surface area (Å²) in [4.78, 5) is 0. The van der Waals surface area contributed by atoms with Gasteiger partial charge in [-0.1, -0.05) is 23.2 Å². The van der Waals surface area contributed by atoms with Gasteiger partial charge in [-0.3, -0.25) is 0 Å². The number of hydrogen-bond donors (Lipinski definition) is 2. The molecule has 3 N–H and O–H groups in total. The lowest BCUT2D eigenvalue weighted by atomic mass is 10.0. The van der Waals surface area contributed by atoms with Crippen LogP contribution in [0, 0.1) is 5.82 Å². The van der Waals surface area contributed by atoms with Gasteiger partial charge in [0, 0.05) is 5.02 Å². The van der Waals surface area contributed by atoms with Crippen molar-refractivity contribution in [2.75, 3.05) is 0 Å². The molecule has 0 fully saturated rings. The second-order valence-corrected chi connectivity index (χ2v) is 3.87. The zero-order valence-electron chi connectivity index (χ0n) is 7.47. The number of halogens is 3. The van der Waals surface area contributed by atoms with Crippen LogP contribution in [0.15, 0.2) is 12.1 Å². The number of aliphatic hydroxyl groups excluding tert-OH is 1. The molecule has 0 heterocycles. The van der Waals surface area contributed by atoms with Gasteiger partial charge in [0.1, 0.15) is 5.82 Å². The predicted octanol–water partition coefficient (Wildman–Crippen LogP) is 2.51. The second kappa shape index (κ2) is 4.45. The molecule has 0 aromatic heterocycles. The predicted molar refractivity (Wildman–Crippen MR) is 55.0 cm³/mol. The molecule has 0 radical (unpaired) electrons. The van der Waals surface area contributed by atoms with E-state index in [-0.39, 0.29) is 10.0 Å². The normalized spacial score (nSPS) is 15.3. The van der Waals surface area contributed by atoms with E-state index in [1.807, 2.05) is 0 Å². The minimum atomic E-state index is -0.798. The summed E-state index contributed by atoms with van der Waals surface area (Å²) >= 11 is 11.3. The Labute approximate surface area is 91.4 Å². The molecule has 2 atom stereocenters. The fraction of sp³-hybridized carbons (Fsp3) is 0.333. The van der Waals surface area contributed by atoms with Gasteiger partial charge in [0.15, 0.2) is 0 Å². The summed E-state index contributed by atoms with van der Waals surface area (Å²) in [6, 6.07) is 1.70. The van der Waals surface area contributed by atoms with E-state index in [0.717, 1.165) is 6.07 Å². The van der Waals surface area contributed by atoms with Gasteiger partial charge < -0.3 is 10.8 Å². The molecule has 14 heavy (non-hydrogen) atoms. The van der Waals surface area contributed by atoms with Crippen molar-refractivity contribution in [2.24, 2.45) is 5.73 Å². The highest BCUT2D eigenvalue weighted by molar-refractivity contribution is 6.35. The van der Waals surface area contributed by atoms with Crippen LogP contribution in [-0.4, -0.2) is 11.2 Å². The Balaban J connectivity index is 3.15. The van der Waals surface area contributed by atoms with E-state index >= 15 is 0 Å². The number of benzene rings is 1. The zero-order valence-corrected chi connectivity index (χ0v) is 8.98. The Morgan fingerprint density at radius 3 is 2.43 bits per heavy atom. The van der Waals surface area contributed by atoms with E-state index in [2.05, 4.69) is 0 Å². The van der Waals surface area contributed by atoms with Crippen LogP contribution in [0.5, 0.6) is 0 Å². The molecule has 0 amide bonds. The van der Waals surface area contributed by atoms with E-state index in [4.69, 9.17) is 28.9 Å². The first-order chi connectivity index (χ1) is 6.43. The van der Waals surface area contributed by atoms with Gasteiger partial charge in [-0.25, -0.2) is 4.39 Å². The van der Waals surface area contributed by atoms with E-state index in [1.165, 1.54) is 13.0 Å². The largest absolute Gasteiger partial charge is 0.391 e. The Morgan fingerprint density at radius 2 is 1.93 bits per heavy atom. The molecule has 0 aliphatic carbocycles. The molecule has 0 aliphatic rings. The van der Waals surface area contributed by atoms with Gasteiger partial charge in [0.05, 0.1) is 17.2 Å². The molecule has 1 aromatic rings. The van der Waals surface area contributed by atoms with Gasteiger partial charge in [-0.15, -0.1) is 0 Å². The van der Waals surface area contributed by atoms with Crippen molar-refractivity contribution in [1.82, 2.24) is 0 Å². The highest BCUT2D eigenvalue weighted by Crippen LogP contribution is 2.28. The number of nitrogens with two attached hydrogens (primary N) is 1. The van der Waals surface area contributed by atoms with E-state index < -0.39 is 18.0 Å². The highest BCUT2D eigenvalue weighted by Gasteiger charge is 2.17. The molecular formula is C9H10Cl2FNO. The summed E-state index contributed by atoms with van der Waals surface area (Å²) in [7, 11) is 0. The van der Waals surface area contributed by atoms with Crippen molar-refractivity contribution >= 4 is 23.2 Å². The van der Waals surface area contributed by atoms with Crippen LogP contribution in [0.1, 0.15) is 18.5 Å². The topological polar surface area (TPSA) is 46.2 Å². The monoisotopic (exact) mass is 237 g/mol. The Kier molecular flexibility index (Phi) is 3.72. The van der Waals surface area contributed by atoms with Gasteiger partial charge in [0.25, 0.3) is 0 Å². The minimum Gasteiger partial charge on any atom is -0.391 e. The molecule has 78 valence electrons. The van der Waals surface area contributed by atoms with Crippen molar-refractivity contribution in [3.63, 3.8) is 0 Å². The van der Waals surface area contributed by atoms with Gasteiger partial charge in [0.2, 0.25) is 0 Å². The van der Waals surface area contributed by atoms with Gasteiger partial charge in [-0.2, -0.15) is 0 Å². The van der Waals surface area contributed by atoms with Crippen LogP contribution in [-0.2, 0) is 0 Å². The second-order valence-electron chi connectivity index (χ2n) is 3.05. The molecule has 0 unspecified atom stereocenters. The molecule has 1 rings (SSSR count). The Hall–Kier alpha value is -0.350. The van der Waals surface area contributed by atoms with Crippen LogP contribution < -0.4 is 5.73 Å². The quantitative estimate of drug-likeness (QED) is 0.777. The average molecular weight is 238 g/mol. The van der Waals surface area contributed by atoms with Gasteiger partial charge >= 0.3 is 0 Å². The van der Waals surface area contributed by atoms with Gasteiger partial charge in [-0.05, 0) is 24.6 Å². The molecule has 0 saturated heterocycles. The lowest BCUT2D eigenvalue weighted by molar-refractivity contribution is 0.164. The smallest absolute Gasteiger partial charge is 0.142 e. The molecule has 0 saturated carbocycles. The molecule has 2 nitrogen and oxygen atoms in total. The highest BCUT2D eigenvalue weighted by atomic mass is 35.5. The first-order valence-corrected chi connectivity index (χ1v) is 4.77. The van der Waals surface area contributed by atoms with E-state index in [9.17, 15) is 9.50 Å². The fourth-order valence-corrected chi connectivity index (χ4v) is 1.56. The summed E-state index contributed by atoms with van der Waals surface area (Å²) in [5.74, 6) is -0.595. The fourth-order valence-electron chi connectivity index (χ4n) is 1.05. The third-order valence-corrected chi connectivity index (χ3v) is 2.54. The van der Waals surface area contributed by atoms with Crippen LogP contribution in [0.3, 0.4) is 0 Å². The average Bonchev–Trinajstić information content (AvgIpc) is 2.10. The summed E-state index contributed by atoms with van der Waals surface area (Å²) in [6.45, 7) is 1.51. The zero-order chi connectivity index (χ0) is 10.9. The maximum absolute atomic E-state index is 13.1. The molecule has 1 aromatic carbocycles.